The first-order valence-electron chi connectivity index (χ1n) is 9.12. The highest BCUT2D eigenvalue weighted by Crippen LogP contribution is 2.21. The van der Waals surface area contributed by atoms with Gasteiger partial charge in [-0.15, -0.1) is 0 Å². The van der Waals surface area contributed by atoms with Crippen molar-refractivity contribution in [2.24, 2.45) is 0 Å². The molecule has 0 spiro atoms. The van der Waals surface area contributed by atoms with Gasteiger partial charge < -0.3 is 9.47 Å². The molecule has 0 radical (unpaired) electrons. The fourth-order valence-electron chi connectivity index (χ4n) is 3.42. The molecule has 6 nitrogen and oxygen atoms in total. The SMILES string of the molecule is Cc1ccc(C(=O)Nc2nc3ccccc3n2CCN2CCCC2)cn1. The second-order valence-corrected chi connectivity index (χ2v) is 6.77. The highest BCUT2D eigenvalue weighted by molar-refractivity contribution is 6.03. The molecule has 1 amide bonds. The number of likely N-dealkylation sites (tertiary alicyclic amines) is 1. The number of pyridine rings is 1. The molecule has 1 aliphatic rings. The Bertz CT molecular complexity index is 910. The van der Waals surface area contributed by atoms with Crippen LogP contribution >= 0.6 is 0 Å². The molecule has 1 fully saturated rings. The average molecular weight is 349 g/mol. The Labute approximate surface area is 152 Å². The van der Waals surface area contributed by atoms with Gasteiger partial charge in [0.15, 0.2) is 0 Å². The second kappa shape index (κ2) is 7.25. The number of carbonyl (C=O) groups excluding carboxylic acids is 1. The lowest BCUT2D eigenvalue weighted by atomic mass is 10.2. The minimum atomic E-state index is -0.185. The zero-order chi connectivity index (χ0) is 17.9. The number of anilines is 1. The first-order valence-corrected chi connectivity index (χ1v) is 9.12. The summed E-state index contributed by atoms with van der Waals surface area (Å²) in [4.78, 5) is 23.9. The van der Waals surface area contributed by atoms with E-state index in [1.54, 1.807) is 12.3 Å². The number of imidazole rings is 1. The van der Waals surface area contributed by atoms with Gasteiger partial charge in [0.1, 0.15) is 0 Å². The summed E-state index contributed by atoms with van der Waals surface area (Å²) in [6.45, 7) is 5.99. The number of nitrogens with one attached hydrogen (secondary N) is 1. The Balaban J connectivity index is 1.59. The average Bonchev–Trinajstić information content (AvgIpc) is 3.28. The number of aryl methyl sites for hydroxylation is 1. The molecule has 4 rings (SSSR count). The number of para-hydroxylation sites is 2. The molecule has 0 bridgehead atoms. The van der Waals surface area contributed by atoms with Crippen LogP contribution in [0.5, 0.6) is 0 Å². The van der Waals surface area contributed by atoms with E-state index in [9.17, 15) is 4.79 Å². The zero-order valence-electron chi connectivity index (χ0n) is 15.0. The van der Waals surface area contributed by atoms with Gasteiger partial charge in [0.05, 0.1) is 16.6 Å². The highest BCUT2D eigenvalue weighted by atomic mass is 16.1. The first kappa shape index (κ1) is 16.7. The molecule has 3 heterocycles. The van der Waals surface area contributed by atoms with Gasteiger partial charge in [-0.3, -0.25) is 15.1 Å². The summed E-state index contributed by atoms with van der Waals surface area (Å²) in [5.74, 6) is 0.409. The predicted octanol–water partition coefficient (Wildman–Crippen LogP) is 3.09. The van der Waals surface area contributed by atoms with Gasteiger partial charge in [-0.1, -0.05) is 12.1 Å². The highest BCUT2D eigenvalue weighted by Gasteiger charge is 2.17. The van der Waals surface area contributed by atoms with E-state index >= 15 is 0 Å². The molecule has 1 aliphatic heterocycles. The fraction of sp³-hybridized carbons (Fsp3) is 0.350. The van der Waals surface area contributed by atoms with Crippen molar-refractivity contribution in [1.29, 1.82) is 0 Å². The van der Waals surface area contributed by atoms with E-state index in [1.807, 2.05) is 31.2 Å². The molecule has 1 saturated heterocycles. The van der Waals surface area contributed by atoms with Crippen LogP contribution in [0.2, 0.25) is 0 Å². The largest absolute Gasteiger partial charge is 0.309 e. The van der Waals surface area contributed by atoms with Crippen LogP contribution in [0.15, 0.2) is 42.6 Å². The minimum absolute atomic E-state index is 0.185. The third-order valence-corrected chi connectivity index (χ3v) is 4.89. The maximum Gasteiger partial charge on any atom is 0.259 e. The lowest BCUT2D eigenvalue weighted by Crippen LogP contribution is -2.25. The number of aromatic nitrogens is 3. The number of fused-ring (bicyclic) bond motifs is 1. The normalized spacial score (nSPS) is 14.8. The molecule has 134 valence electrons. The van der Waals surface area contributed by atoms with Crippen molar-refractivity contribution >= 4 is 22.9 Å². The number of carbonyl (C=O) groups is 1. The predicted molar refractivity (Wildman–Crippen MR) is 102 cm³/mol. The van der Waals surface area contributed by atoms with Crippen molar-refractivity contribution in [2.45, 2.75) is 26.3 Å². The van der Waals surface area contributed by atoms with Crippen LogP contribution in [-0.2, 0) is 6.54 Å². The number of nitrogens with zero attached hydrogens (tertiary/aromatic N) is 4. The lowest BCUT2D eigenvalue weighted by molar-refractivity contribution is 0.102. The lowest BCUT2D eigenvalue weighted by Gasteiger charge is -2.16. The summed E-state index contributed by atoms with van der Waals surface area (Å²) in [5.41, 5.74) is 3.36. The third kappa shape index (κ3) is 3.46. The van der Waals surface area contributed by atoms with E-state index in [2.05, 4.69) is 30.8 Å². The minimum Gasteiger partial charge on any atom is -0.309 e. The summed E-state index contributed by atoms with van der Waals surface area (Å²) in [5, 5.41) is 2.97. The van der Waals surface area contributed by atoms with E-state index in [0.29, 0.717) is 11.5 Å². The summed E-state index contributed by atoms with van der Waals surface area (Å²) >= 11 is 0. The molecule has 2 aromatic heterocycles. The van der Waals surface area contributed by atoms with Crippen LogP contribution in [0.25, 0.3) is 11.0 Å². The van der Waals surface area contributed by atoms with Crippen LogP contribution in [0.1, 0.15) is 28.9 Å². The Hall–Kier alpha value is -2.73. The molecule has 26 heavy (non-hydrogen) atoms. The van der Waals surface area contributed by atoms with E-state index in [4.69, 9.17) is 0 Å². The Morgan fingerprint density at radius 3 is 2.69 bits per heavy atom. The Morgan fingerprint density at radius 2 is 1.92 bits per heavy atom. The van der Waals surface area contributed by atoms with Gasteiger partial charge in [0.2, 0.25) is 5.95 Å². The molecule has 1 N–H and O–H groups in total. The molecule has 6 heteroatoms. The molecule has 0 aliphatic carbocycles. The molecule has 0 saturated carbocycles. The van der Waals surface area contributed by atoms with Crippen LogP contribution in [0.4, 0.5) is 5.95 Å². The van der Waals surface area contributed by atoms with Crippen molar-refractivity contribution in [3.63, 3.8) is 0 Å². The maximum atomic E-state index is 12.6. The van der Waals surface area contributed by atoms with Crippen LogP contribution in [-0.4, -0.2) is 45.0 Å². The smallest absolute Gasteiger partial charge is 0.259 e. The number of rotatable bonds is 5. The quantitative estimate of drug-likeness (QED) is 0.769. The second-order valence-electron chi connectivity index (χ2n) is 6.77. The van der Waals surface area contributed by atoms with E-state index in [1.165, 1.54) is 12.8 Å². The summed E-state index contributed by atoms with van der Waals surface area (Å²) < 4.78 is 2.10. The summed E-state index contributed by atoms with van der Waals surface area (Å²) in [7, 11) is 0. The van der Waals surface area contributed by atoms with Crippen molar-refractivity contribution in [2.75, 3.05) is 25.0 Å². The van der Waals surface area contributed by atoms with Gasteiger partial charge in [0, 0.05) is 25.0 Å². The Kier molecular flexibility index (Phi) is 4.67. The molecule has 3 aromatic rings. The van der Waals surface area contributed by atoms with E-state index in [-0.39, 0.29) is 5.91 Å². The third-order valence-electron chi connectivity index (χ3n) is 4.89. The Morgan fingerprint density at radius 1 is 1.12 bits per heavy atom. The number of hydrogen-bond acceptors (Lipinski definition) is 4. The molecular formula is C20H23N5O. The van der Waals surface area contributed by atoms with Crippen molar-refractivity contribution < 1.29 is 4.79 Å². The molecular weight excluding hydrogens is 326 g/mol. The van der Waals surface area contributed by atoms with Crippen molar-refractivity contribution in [3.8, 4) is 0 Å². The van der Waals surface area contributed by atoms with Gasteiger partial charge in [-0.25, -0.2) is 4.98 Å². The summed E-state index contributed by atoms with van der Waals surface area (Å²) in [6, 6.07) is 11.6. The summed E-state index contributed by atoms with van der Waals surface area (Å²) in [6.07, 6.45) is 4.14. The first-order chi connectivity index (χ1) is 12.7. The molecule has 0 atom stereocenters. The van der Waals surface area contributed by atoms with Crippen LogP contribution < -0.4 is 5.32 Å². The number of benzene rings is 1. The monoisotopic (exact) mass is 349 g/mol. The zero-order valence-corrected chi connectivity index (χ0v) is 15.0. The van der Waals surface area contributed by atoms with E-state index in [0.717, 1.165) is 42.9 Å². The number of hydrogen-bond donors (Lipinski definition) is 1. The molecule has 0 unspecified atom stereocenters. The fourth-order valence-corrected chi connectivity index (χ4v) is 3.42. The van der Waals surface area contributed by atoms with E-state index < -0.39 is 0 Å². The maximum absolute atomic E-state index is 12.6. The van der Waals surface area contributed by atoms with Crippen LogP contribution in [0.3, 0.4) is 0 Å². The van der Waals surface area contributed by atoms with Crippen molar-refractivity contribution in [1.82, 2.24) is 19.4 Å². The van der Waals surface area contributed by atoms with Gasteiger partial charge in [-0.05, 0) is 57.1 Å². The van der Waals surface area contributed by atoms with Crippen LogP contribution in [0, 0.1) is 6.92 Å². The number of amides is 1. The standard InChI is InChI=1S/C20H23N5O/c1-15-8-9-16(14-21-15)19(26)23-20-22-17-6-2-3-7-18(17)25(20)13-12-24-10-4-5-11-24/h2-3,6-9,14H,4-5,10-13H2,1H3,(H,22,23,26). The topological polar surface area (TPSA) is 63.1 Å². The molecule has 1 aromatic carbocycles. The van der Waals surface area contributed by atoms with Gasteiger partial charge in [-0.2, -0.15) is 0 Å². The van der Waals surface area contributed by atoms with Gasteiger partial charge >= 0.3 is 0 Å². The van der Waals surface area contributed by atoms with Crippen molar-refractivity contribution in [3.05, 3.63) is 53.9 Å². The van der Waals surface area contributed by atoms with Gasteiger partial charge in [0.25, 0.3) is 5.91 Å².